The molecule has 0 bridgehead atoms. The van der Waals surface area contributed by atoms with Crippen LogP contribution in [0.3, 0.4) is 0 Å². The van der Waals surface area contributed by atoms with Crippen LogP contribution in [0.1, 0.15) is 11.1 Å². The molecule has 1 heteroatoms. The van der Waals surface area contributed by atoms with Crippen LogP contribution in [0, 0.1) is 0 Å². The minimum atomic E-state index is -0.00250. The zero-order chi connectivity index (χ0) is 13.4. The molecular weight excluding hydrogens is 244 g/mol. The second-order valence-corrected chi connectivity index (χ2v) is 5.03. The number of hydrogen-bond acceptors (Lipinski definition) is 1. The second-order valence-electron chi connectivity index (χ2n) is 5.03. The number of rotatable bonds is 1. The molecule has 4 rings (SSSR count). The van der Waals surface area contributed by atoms with Gasteiger partial charge in [0.05, 0.1) is 0 Å². The summed E-state index contributed by atoms with van der Waals surface area (Å²) in [4.78, 5) is 0. The SMILES string of the molecule is C1=CC2=Cc3ccccc3OC2C(c2ccccc2)=C1. The van der Waals surface area contributed by atoms with Crippen LogP contribution in [0.15, 0.2) is 78.4 Å². The van der Waals surface area contributed by atoms with Gasteiger partial charge in [-0.3, -0.25) is 0 Å². The fourth-order valence-electron chi connectivity index (χ4n) is 2.76. The fraction of sp³-hybridized carbons (Fsp3) is 0.0526. The minimum absolute atomic E-state index is 0.00250. The van der Waals surface area contributed by atoms with Gasteiger partial charge in [0.15, 0.2) is 0 Å². The normalized spacial score (nSPS) is 19.3. The molecule has 0 spiro atoms. The smallest absolute Gasteiger partial charge is 0.149 e. The molecule has 1 atom stereocenters. The Kier molecular flexibility index (Phi) is 2.56. The highest BCUT2D eigenvalue weighted by atomic mass is 16.5. The fourth-order valence-corrected chi connectivity index (χ4v) is 2.76. The molecule has 1 aliphatic carbocycles. The third kappa shape index (κ3) is 1.79. The van der Waals surface area contributed by atoms with Gasteiger partial charge in [-0.15, -0.1) is 0 Å². The number of benzene rings is 2. The summed E-state index contributed by atoms with van der Waals surface area (Å²) >= 11 is 0. The third-order valence-electron chi connectivity index (χ3n) is 3.74. The maximum atomic E-state index is 6.22. The number of ether oxygens (including phenoxy) is 1. The second kappa shape index (κ2) is 4.53. The Morgan fingerprint density at radius 1 is 0.850 bits per heavy atom. The summed E-state index contributed by atoms with van der Waals surface area (Å²) in [5.74, 6) is 0.957. The molecule has 0 fully saturated rings. The largest absolute Gasteiger partial charge is 0.480 e. The van der Waals surface area contributed by atoms with Crippen LogP contribution in [0.2, 0.25) is 0 Å². The van der Waals surface area contributed by atoms with E-state index in [0.717, 1.165) is 11.3 Å². The molecule has 0 N–H and O–H groups in total. The molecule has 1 heterocycles. The number of para-hydroxylation sites is 1. The van der Waals surface area contributed by atoms with E-state index in [2.05, 4.69) is 54.6 Å². The monoisotopic (exact) mass is 258 g/mol. The first kappa shape index (κ1) is 11.3. The summed E-state index contributed by atoms with van der Waals surface area (Å²) in [6.07, 6.45) is 8.59. The predicted octanol–water partition coefficient (Wildman–Crippen LogP) is 4.48. The van der Waals surface area contributed by atoms with Gasteiger partial charge < -0.3 is 4.74 Å². The van der Waals surface area contributed by atoms with E-state index < -0.39 is 0 Å². The number of fused-ring (bicyclic) bond motifs is 2. The van der Waals surface area contributed by atoms with Gasteiger partial charge in [-0.25, -0.2) is 0 Å². The van der Waals surface area contributed by atoms with Gasteiger partial charge in [-0.05, 0) is 23.3 Å². The lowest BCUT2D eigenvalue weighted by Crippen LogP contribution is -2.24. The lowest BCUT2D eigenvalue weighted by molar-refractivity contribution is 0.291. The first-order chi connectivity index (χ1) is 9.92. The van der Waals surface area contributed by atoms with Crippen molar-refractivity contribution in [1.29, 1.82) is 0 Å². The summed E-state index contributed by atoms with van der Waals surface area (Å²) in [5.41, 5.74) is 4.80. The molecule has 2 aromatic rings. The third-order valence-corrected chi connectivity index (χ3v) is 3.74. The highest BCUT2D eigenvalue weighted by Crippen LogP contribution is 2.37. The van der Waals surface area contributed by atoms with Crippen LogP contribution in [-0.2, 0) is 0 Å². The summed E-state index contributed by atoms with van der Waals surface area (Å²) in [5, 5.41) is 0. The van der Waals surface area contributed by atoms with E-state index in [1.165, 1.54) is 16.7 Å². The van der Waals surface area contributed by atoms with Crippen LogP contribution in [0.25, 0.3) is 11.6 Å². The van der Waals surface area contributed by atoms with Crippen LogP contribution in [0.4, 0.5) is 0 Å². The Balaban J connectivity index is 1.80. The van der Waals surface area contributed by atoms with E-state index in [0.29, 0.717) is 0 Å². The Labute approximate surface area is 118 Å². The van der Waals surface area contributed by atoms with Gasteiger partial charge in [-0.2, -0.15) is 0 Å². The summed E-state index contributed by atoms with van der Waals surface area (Å²) in [7, 11) is 0. The molecule has 1 aliphatic heterocycles. The average molecular weight is 258 g/mol. The van der Waals surface area contributed by atoms with Gasteiger partial charge >= 0.3 is 0 Å². The van der Waals surface area contributed by atoms with E-state index in [4.69, 9.17) is 4.74 Å². The number of hydrogen-bond donors (Lipinski definition) is 0. The Morgan fingerprint density at radius 3 is 2.55 bits per heavy atom. The van der Waals surface area contributed by atoms with Crippen LogP contribution in [-0.4, -0.2) is 6.10 Å². The van der Waals surface area contributed by atoms with E-state index in [9.17, 15) is 0 Å². The summed E-state index contributed by atoms with van der Waals surface area (Å²) < 4.78 is 6.22. The van der Waals surface area contributed by atoms with Crippen LogP contribution < -0.4 is 4.74 Å². The first-order valence-corrected chi connectivity index (χ1v) is 6.83. The van der Waals surface area contributed by atoms with Crippen molar-refractivity contribution in [1.82, 2.24) is 0 Å². The standard InChI is InChI=1S/C19H14O/c1-2-7-14(8-3-1)17-11-6-10-16-13-15-9-4-5-12-18(15)20-19(16)17/h1-13,19H. The van der Waals surface area contributed by atoms with Crippen LogP contribution in [0.5, 0.6) is 5.75 Å². The molecule has 0 amide bonds. The van der Waals surface area contributed by atoms with Crippen molar-refractivity contribution < 1.29 is 4.74 Å². The van der Waals surface area contributed by atoms with Crippen molar-refractivity contribution in [2.24, 2.45) is 0 Å². The molecular formula is C19H14O. The van der Waals surface area contributed by atoms with Gasteiger partial charge in [0.2, 0.25) is 0 Å². The summed E-state index contributed by atoms with van der Waals surface area (Å²) in [6.45, 7) is 0. The maximum Gasteiger partial charge on any atom is 0.149 e. The molecule has 2 aliphatic rings. The highest BCUT2D eigenvalue weighted by Gasteiger charge is 2.26. The lowest BCUT2D eigenvalue weighted by Gasteiger charge is -2.30. The molecule has 1 unspecified atom stereocenters. The quantitative estimate of drug-likeness (QED) is 0.732. The molecule has 96 valence electrons. The minimum Gasteiger partial charge on any atom is -0.480 e. The predicted molar refractivity (Wildman–Crippen MR) is 82.4 cm³/mol. The van der Waals surface area contributed by atoms with Crippen molar-refractivity contribution >= 4 is 11.6 Å². The van der Waals surface area contributed by atoms with Crippen molar-refractivity contribution in [3.8, 4) is 5.75 Å². The Bertz CT molecular complexity index is 735. The van der Waals surface area contributed by atoms with Gasteiger partial charge in [0.1, 0.15) is 11.9 Å². The van der Waals surface area contributed by atoms with Crippen molar-refractivity contribution in [3.05, 3.63) is 89.5 Å². The first-order valence-electron chi connectivity index (χ1n) is 6.83. The highest BCUT2D eigenvalue weighted by molar-refractivity contribution is 5.81. The molecule has 0 saturated heterocycles. The van der Waals surface area contributed by atoms with Crippen molar-refractivity contribution in [2.45, 2.75) is 6.10 Å². The zero-order valence-corrected chi connectivity index (χ0v) is 11.0. The van der Waals surface area contributed by atoms with Gasteiger partial charge in [0.25, 0.3) is 0 Å². The van der Waals surface area contributed by atoms with E-state index in [1.807, 2.05) is 24.3 Å². The van der Waals surface area contributed by atoms with Gasteiger partial charge in [-0.1, -0.05) is 66.8 Å². The van der Waals surface area contributed by atoms with Crippen molar-refractivity contribution in [2.75, 3.05) is 0 Å². The van der Waals surface area contributed by atoms with E-state index in [-0.39, 0.29) is 6.10 Å². The number of allylic oxidation sites excluding steroid dienone is 2. The van der Waals surface area contributed by atoms with Gasteiger partial charge in [0, 0.05) is 11.1 Å². The maximum absolute atomic E-state index is 6.22. The summed E-state index contributed by atoms with van der Waals surface area (Å²) in [6, 6.07) is 18.6. The van der Waals surface area contributed by atoms with E-state index >= 15 is 0 Å². The Hall–Kier alpha value is -2.54. The van der Waals surface area contributed by atoms with E-state index in [1.54, 1.807) is 0 Å². The Morgan fingerprint density at radius 2 is 1.65 bits per heavy atom. The molecule has 0 aromatic heterocycles. The average Bonchev–Trinajstić information content (AvgIpc) is 2.53. The van der Waals surface area contributed by atoms with Crippen LogP contribution >= 0.6 is 0 Å². The molecule has 0 saturated carbocycles. The lowest BCUT2D eigenvalue weighted by atomic mass is 9.88. The molecule has 1 nitrogen and oxygen atoms in total. The topological polar surface area (TPSA) is 9.23 Å². The molecule has 20 heavy (non-hydrogen) atoms. The molecule has 0 radical (unpaired) electrons. The molecule has 2 aromatic carbocycles. The zero-order valence-electron chi connectivity index (χ0n) is 11.0. The van der Waals surface area contributed by atoms with Crippen molar-refractivity contribution in [3.63, 3.8) is 0 Å².